The lowest BCUT2D eigenvalue weighted by molar-refractivity contribution is -0.130. The first kappa shape index (κ1) is 11.7. The maximum atomic E-state index is 11.4. The molecule has 0 radical (unpaired) electrons. The molecule has 0 aliphatic heterocycles. The molecular weight excluding hydrogens is 194 g/mol. The molecule has 0 bridgehead atoms. The fourth-order valence-corrected chi connectivity index (χ4v) is 1.15. The maximum Gasteiger partial charge on any atom is 0.253 e. The summed E-state index contributed by atoms with van der Waals surface area (Å²) >= 11 is 0. The van der Waals surface area contributed by atoms with Gasteiger partial charge in [0.2, 0.25) is 0 Å². The molecule has 2 atom stereocenters. The molecule has 1 aromatic rings. The Kier molecular flexibility index (Phi) is 4.27. The van der Waals surface area contributed by atoms with E-state index in [1.807, 2.05) is 6.07 Å². The molecule has 0 aliphatic rings. The Labute approximate surface area is 88.6 Å². The second-order valence-corrected chi connectivity index (χ2v) is 3.41. The number of rotatable bonds is 4. The number of benzene rings is 1. The van der Waals surface area contributed by atoms with E-state index in [9.17, 15) is 9.90 Å². The average Bonchev–Trinajstić information content (AvgIpc) is 2.29. The monoisotopic (exact) mass is 209 g/mol. The molecule has 0 saturated carbocycles. The van der Waals surface area contributed by atoms with Crippen LogP contribution in [0.2, 0.25) is 0 Å². The molecule has 4 heteroatoms. The van der Waals surface area contributed by atoms with Gasteiger partial charge in [-0.1, -0.05) is 30.3 Å². The van der Waals surface area contributed by atoms with E-state index in [-0.39, 0.29) is 12.6 Å². The van der Waals surface area contributed by atoms with Crippen LogP contribution in [0.3, 0.4) is 0 Å². The topological polar surface area (TPSA) is 69.6 Å². The number of aliphatic hydroxyl groups excluding tert-OH is 2. The maximum absolute atomic E-state index is 11.4. The van der Waals surface area contributed by atoms with Gasteiger partial charge in [-0.15, -0.1) is 0 Å². The van der Waals surface area contributed by atoms with Gasteiger partial charge in [-0.25, -0.2) is 0 Å². The summed E-state index contributed by atoms with van der Waals surface area (Å²) in [5.74, 6) is -0.497. The highest BCUT2D eigenvalue weighted by molar-refractivity contribution is 5.82. The first-order valence-corrected chi connectivity index (χ1v) is 4.79. The summed E-state index contributed by atoms with van der Waals surface area (Å²) in [6, 6.07) is 8.31. The number of hydrogen-bond donors (Lipinski definition) is 3. The SMILES string of the molecule is CC(CO)NC(=O)C(O)c1ccccc1. The second-order valence-electron chi connectivity index (χ2n) is 3.41. The summed E-state index contributed by atoms with van der Waals surface area (Å²) in [6.07, 6.45) is -1.18. The third-order valence-electron chi connectivity index (χ3n) is 2.03. The third-order valence-corrected chi connectivity index (χ3v) is 2.03. The predicted octanol–water partition coefficient (Wildman–Crippen LogP) is 0.217. The quantitative estimate of drug-likeness (QED) is 0.664. The number of nitrogens with one attached hydrogen (secondary N) is 1. The summed E-state index contributed by atoms with van der Waals surface area (Å²) in [5.41, 5.74) is 0.542. The van der Waals surface area contributed by atoms with Crippen molar-refractivity contribution in [3.63, 3.8) is 0 Å². The standard InChI is InChI=1S/C11H15NO3/c1-8(7-13)12-11(15)10(14)9-5-3-2-4-6-9/h2-6,8,10,13-14H,7H2,1H3,(H,12,15). The highest BCUT2D eigenvalue weighted by Gasteiger charge is 2.17. The molecule has 15 heavy (non-hydrogen) atoms. The molecule has 0 heterocycles. The van der Waals surface area contributed by atoms with Gasteiger partial charge < -0.3 is 15.5 Å². The van der Waals surface area contributed by atoms with Gasteiger partial charge in [0.15, 0.2) is 6.10 Å². The zero-order valence-electron chi connectivity index (χ0n) is 8.55. The minimum absolute atomic E-state index is 0.146. The van der Waals surface area contributed by atoms with Crippen molar-refractivity contribution in [3.05, 3.63) is 35.9 Å². The van der Waals surface area contributed by atoms with Crippen molar-refractivity contribution in [2.75, 3.05) is 6.61 Å². The van der Waals surface area contributed by atoms with Crippen LogP contribution < -0.4 is 5.32 Å². The van der Waals surface area contributed by atoms with Gasteiger partial charge in [-0.05, 0) is 12.5 Å². The number of carbonyl (C=O) groups excluding carboxylic acids is 1. The van der Waals surface area contributed by atoms with Crippen molar-refractivity contribution in [1.29, 1.82) is 0 Å². The Morgan fingerprint density at radius 2 is 2.00 bits per heavy atom. The molecule has 0 spiro atoms. The van der Waals surface area contributed by atoms with Crippen LogP contribution in [0.5, 0.6) is 0 Å². The first-order valence-electron chi connectivity index (χ1n) is 4.79. The zero-order chi connectivity index (χ0) is 11.3. The van der Waals surface area contributed by atoms with Gasteiger partial charge >= 0.3 is 0 Å². The van der Waals surface area contributed by atoms with Crippen LogP contribution in [0.1, 0.15) is 18.6 Å². The second kappa shape index (κ2) is 5.48. The van der Waals surface area contributed by atoms with Crippen molar-refractivity contribution >= 4 is 5.91 Å². The van der Waals surface area contributed by atoms with Crippen molar-refractivity contribution in [3.8, 4) is 0 Å². The van der Waals surface area contributed by atoms with Gasteiger partial charge in [0.1, 0.15) is 0 Å². The molecular formula is C11H15NO3. The lowest BCUT2D eigenvalue weighted by atomic mass is 10.1. The van der Waals surface area contributed by atoms with E-state index in [2.05, 4.69) is 5.32 Å². The van der Waals surface area contributed by atoms with E-state index in [1.54, 1.807) is 31.2 Å². The highest BCUT2D eigenvalue weighted by Crippen LogP contribution is 2.11. The highest BCUT2D eigenvalue weighted by atomic mass is 16.3. The molecule has 3 N–H and O–H groups in total. The normalized spacial score (nSPS) is 14.3. The Morgan fingerprint density at radius 1 is 1.40 bits per heavy atom. The Morgan fingerprint density at radius 3 is 2.53 bits per heavy atom. The van der Waals surface area contributed by atoms with E-state index >= 15 is 0 Å². The largest absolute Gasteiger partial charge is 0.394 e. The predicted molar refractivity (Wildman–Crippen MR) is 56.1 cm³/mol. The van der Waals surface area contributed by atoms with Gasteiger partial charge in [0.05, 0.1) is 6.61 Å². The molecule has 0 aliphatic carbocycles. The van der Waals surface area contributed by atoms with Crippen LogP contribution in [-0.4, -0.2) is 28.8 Å². The fraction of sp³-hybridized carbons (Fsp3) is 0.364. The summed E-state index contributed by atoms with van der Waals surface area (Å²) in [4.78, 5) is 11.4. The number of carbonyl (C=O) groups is 1. The minimum atomic E-state index is -1.18. The molecule has 0 aromatic heterocycles. The van der Waals surface area contributed by atoms with Crippen LogP contribution in [0, 0.1) is 0 Å². The molecule has 2 unspecified atom stereocenters. The van der Waals surface area contributed by atoms with Gasteiger partial charge in [-0.3, -0.25) is 4.79 Å². The Balaban J connectivity index is 2.61. The van der Waals surface area contributed by atoms with E-state index in [0.29, 0.717) is 5.56 Å². The first-order chi connectivity index (χ1) is 7.15. The van der Waals surface area contributed by atoms with Crippen molar-refractivity contribution in [1.82, 2.24) is 5.32 Å². The molecule has 1 amide bonds. The number of hydrogen-bond acceptors (Lipinski definition) is 3. The number of aliphatic hydroxyl groups is 2. The van der Waals surface area contributed by atoms with Crippen LogP contribution in [0.4, 0.5) is 0 Å². The molecule has 1 rings (SSSR count). The molecule has 1 aromatic carbocycles. The van der Waals surface area contributed by atoms with Crippen molar-refractivity contribution < 1.29 is 15.0 Å². The molecule has 0 fully saturated rings. The lowest BCUT2D eigenvalue weighted by Gasteiger charge is -2.15. The lowest BCUT2D eigenvalue weighted by Crippen LogP contribution is -2.38. The van der Waals surface area contributed by atoms with Gasteiger partial charge in [-0.2, -0.15) is 0 Å². The van der Waals surface area contributed by atoms with Gasteiger partial charge in [0, 0.05) is 6.04 Å². The zero-order valence-corrected chi connectivity index (χ0v) is 8.55. The minimum Gasteiger partial charge on any atom is -0.394 e. The molecule has 0 saturated heterocycles. The summed E-state index contributed by atoms with van der Waals surface area (Å²) < 4.78 is 0. The average molecular weight is 209 g/mol. The van der Waals surface area contributed by atoms with Crippen LogP contribution in [0.25, 0.3) is 0 Å². The van der Waals surface area contributed by atoms with E-state index in [0.717, 1.165) is 0 Å². The van der Waals surface area contributed by atoms with Crippen LogP contribution >= 0.6 is 0 Å². The summed E-state index contributed by atoms with van der Waals surface area (Å²) in [5, 5.41) is 20.9. The van der Waals surface area contributed by atoms with Crippen molar-refractivity contribution in [2.24, 2.45) is 0 Å². The summed E-state index contributed by atoms with van der Waals surface area (Å²) in [7, 11) is 0. The van der Waals surface area contributed by atoms with E-state index in [4.69, 9.17) is 5.11 Å². The molecule has 4 nitrogen and oxygen atoms in total. The van der Waals surface area contributed by atoms with E-state index in [1.165, 1.54) is 0 Å². The third kappa shape index (κ3) is 3.34. The van der Waals surface area contributed by atoms with Gasteiger partial charge in [0.25, 0.3) is 5.91 Å². The Bertz CT molecular complexity index is 313. The summed E-state index contributed by atoms with van der Waals surface area (Å²) in [6.45, 7) is 1.52. The van der Waals surface area contributed by atoms with Crippen molar-refractivity contribution in [2.45, 2.75) is 19.1 Å². The van der Waals surface area contributed by atoms with E-state index < -0.39 is 12.0 Å². The van der Waals surface area contributed by atoms with Crippen LogP contribution in [0.15, 0.2) is 30.3 Å². The number of amides is 1. The smallest absolute Gasteiger partial charge is 0.253 e. The molecule has 82 valence electrons. The Hall–Kier alpha value is -1.39. The van der Waals surface area contributed by atoms with Crippen LogP contribution in [-0.2, 0) is 4.79 Å². The fourth-order valence-electron chi connectivity index (χ4n) is 1.15.